The Morgan fingerprint density at radius 3 is 3.05 bits per heavy atom. The Bertz CT molecular complexity index is 459. The van der Waals surface area contributed by atoms with Gasteiger partial charge in [-0.2, -0.15) is 0 Å². The van der Waals surface area contributed by atoms with Gasteiger partial charge in [-0.15, -0.1) is 0 Å². The van der Waals surface area contributed by atoms with Gasteiger partial charge < -0.3 is 14.7 Å². The van der Waals surface area contributed by atoms with E-state index in [9.17, 15) is 9.90 Å². The Morgan fingerprint density at radius 1 is 1.53 bits per heavy atom. The smallest absolute Gasteiger partial charge is 0.305 e. The number of benzene rings is 1. The number of esters is 1. The minimum atomic E-state index is -0.597. The fourth-order valence-electron chi connectivity index (χ4n) is 2.45. The highest BCUT2D eigenvalue weighted by Gasteiger charge is 2.18. The quantitative estimate of drug-likeness (QED) is 0.826. The lowest BCUT2D eigenvalue weighted by molar-refractivity contribution is -0.143. The Labute approximate surface area is 114 Å². The maximum Gasteiger partial charge on any atom is 0.305 e. The topological polar surface area (TPSA) is 49.8 Å². The van der Waals surface area contributed by atoms with Crippen LogP contribution in [0.25, 0.3) is 0 Å². The lowest BCUT2D eigenvalue weighted by atomic mass is 10.0. The Hall–Kier alpha value is -1.55. The number of aliphatic hydroxyl groups excluding tert-OH is 1. The molecule has 19 heavy (non-hydrogen) atoms. The highest BCUT2D eigenvalue weighted by atomic mass is 16.5. The average molecular weight is 263 g/mol. The van der Waals surface area contributed by atoms with Crippen molar-refractivity contribution >= 4 is 11.7 Å². The predicted molar refractivity (Wildman–Crippen MR) is 74.2 cm³/mol. The van der Waals surface area contributed by atoms with Crippen LogP contribution in [-0.4, -0.2) is 31.3 Å². The zero-order valence-corrected chi connectivity index (χ0v) is 11.6. The molecule has 0 fully saturated rings. The summed E-state index contributed by atoms with van der Waals surface area (Å²) in [6, 6.07) is 6.04. The van der Waals surface area contributed by atoms with Gasteiger partial charge in [0.1, 0.15) is 0 Å². The minimum absolute atomic E-state index is 0.248. The molecule has 1 aromatic carbocycles. The lowest BCUT2D eigenvalue weighted by Crippen LogP contribution is -2.12. The minimum Gasteiger partial charge on any atom is -0.466 e. The molecular formula is C15H21NO3. The molecular weight excluding hydrogens is 242 g/mol. The molecule has 0 aromatic heterocycles. The molecule has 0 spiro atoms. The summed E-state index contributed by atoms with van der Waals surface area (Å²) in [7, 11) is 2.07. The molecule has 2 rings (SSSR count). The van der Waals surface area contributed by atoms with Crippen molar-refractivity contribution < 1.29 is 14.6 Å². The van der Waals surface area contributed by atoms with E-state index in [-0.39, 0.29) is 12.4 Å². The average Bonchev–Trinajstić information content (AvgIpc) is 2.77. The SMILES string of the molecule is CCOC(=O)CCC(O)c1ccc2c(c1)CCN2C. The summed E-state index contributed by atoms with van der Waals surface area (Å²) in [4.78, 5) is 13.5. The second kappa shape index (κ2) is 6.06. The molecule has 1 aromatic rings. The van der Waals surface area contributed by atoms with Crippen LogP contribution >= 0.6 is 0 Å². The standard InChI is InChI=1S/C15H21NO3/c1-3-19-15(18)7-6-14(17)12-4-5-13-11(10-12)8-9-16(13)2/h4-5,10,14,17H,3,6-9H2,1-2H3. The third kappa shape index (κ3) is 3.26. The Balaban J connectivity index is 1.96. The third-order valence-electron chi connectivity index (χ3n) is 3.54. The van der Waals surface area contributed by atoms with Gasteiger partial charge in [-0.3, -0.25) is 4.79 Å². The summed E-state index contributed by atoms with van der Waals surface area (Å²) in [5.41, 5.74) is 3.40. The first-order valence-corrected chi connectivity index (χ1v) is 6.79. The van der Waals surface area contributed by atoms with Crippen LogP contribution in [0.15, 0.2) is 18.2 Å². The van der Waals surface area contributed by atoms with E-state index in [0.717, 1.165) is 18.5 Å². The number of hydrogen-bond donors (Lipinski definition) is 1. The van der Waals surface area contributed by atoms with Crippen molar-refractivity contribution in [1.29, 1.82) is 0 Å². The highest BCUT2D eigenvalue weighted by Crippen LogP contribution is 2.30. The summed E-state index contributed by atoms with van der Waals surface area (Å²) in [5.74, 6) is -0.248. The second-order valence-corrected chi connectivity index (χ2v) is 4.92. The molecule has 104 valence electrons. The van der Waals surface area contributed by atoms with Gasteiger partial charge in [-0.05, 0) is 37.0 Å². The number of carbonyl (C=O) groups is 1. The molecule has 4 nitrogen and oxygen atoms in total. The van der Waals surface area contributed by atoms with Crippen LogP contribution in [0.5, 0.6) is 0 Å². The predicted octanol–water partition coefficient (Wildman–Crippen LogP) is 2.06. The molecule has 1 N–H and O–H groups in total. The van der Waals surface area contributed by atoms with E-state index >= 15 is 0 Å². The van der Waals surface area contributed by atoms with E-state index in [2.05, 4.69) is 18.0 Å². The van der Waals surface area contributed by atoms with Crippen molar-refractivity contribution in [2.24, 2.45) is 0 Å². The van der Waals surface area contributed by atoms with Crippen LogP contribution < -0.4 is 4.90 Å². The van der Waals surface area contributed by atoms with Gasteiger partial charge in [-0.1, -0.05) is 12.1 Å². The van der Waals surface area contributed by atoms with Crippen LogP contribution in [0.4, 0.5) is 5.69 Å². The van der Waals surface area contributed by atoms with Crippen LogP contribution in [0.3, 0.4) is 0 Å². The van der Waals surface area contributed by atoms with Gasteiger partial charge in [0.25, 0.3) is 0 Å². The zero-order chi connectivity index (χ0) is 13.8. The molecule has 0 saturated carbocycles. The lowest BCUT2D eigenvalue weighted by Gasteiger charge is -2.14. The fraction of sp³-hybridized carbons (Fsp3) is 0.533. The second-order valence-electron chi connectivity index (χ2n) is 4.92. The summed E-state index contributed by atoms with van der Waals surface area (Å²) >= 11 is 0. The molecule has 0 amide bonds. The molecule has 0 radical (unpaired) electrons. The van der Waals surface area contributed by atoms with E-state index in [0.29, 0.717) is 13.0 Å². The molecule has 1 aliphatic heterocycles. The molecule has 0 saturated heterocycles. The first-order valence-electron chi connectivity index (χ1n) is 6.79. The number of aliphatic hydroxyl groups is 1. The number of hydrogen-bond acceptors (Lipinski definition) is 4. The number of likely N-dealkylation sites (N-methyl/N-ethyl adjacent to an activating group) is 1. The highest BCUT2D eigenvalue weighted by molar-refractivity contribution is 5.69. The first-order chi connectivity index (χ1) is 9.11. The van der Waals surface area contributed by atoms with E-state index in [1.54, 1.807) is 6.92 Å². The molecule has 1 unspecified atom stereocenters. The molecule has 0 aliphatic carbocycles. The molecule has 1 atom stereocenters. The van der Waals surface area contributed by atoms with Crippen molar-refractivity contribution in [3.05, 3.63) is 29.3 Å². The van der Waals surface area contributed by atoms with Gasteiger partial charge in [0.15, 0.2) is 0 Å². The van der Waals surface area contributed by atoms with Crippen LogP contribution in [0, 0.1) is 0 Å². The van der Waals surface area contributed by atoms with Crippen LogP contribution in [-0.2, 0) is 16.0 Å². The van der Waals surface area contributed by atoms with E-state index in [4.69, 9.17) is 4.74 Å². The van der Waals surface area contributed by atoms with Gasteiger partial charge >= 0.3 is 5.97 Å². The summed E-state index contributed by atoms with van der Waals surface area (Å²) in [5, 5.41) is 10.1. The number of ether oxygens (including phenoxy) is 1. The zero-order valence-electron chi connectivity index (χ0n) is 11.6. The third-order valence-corrected chi connectivity index (χ3v) is 3.54. The fourth-order valence-corrected chi connectivity index (χ4v) is 2.45. The monoisotopic (exact) mass is 263 g/mol. The largest absolute Gasteiger partial charge is 0.466 e. The number of nitrogens with zero attached hydrogens (tertiary/aromatic N) is 1. The maximum absolute atomic E-state index is 11.3. The van der Waals surface area contributed by atoms with Crippen molar-refractivity contribution in [1.82, 2.24) is 0 Å². The summed E-state index contributed by atoms with van der Waals surface area (Å²) in [6.45, 7) is 3.20. The van der Waals surface area contributed by atoms with Gasteiger partial charge in [-0.25, -0.2) is 0 Å². The van der Waals surface area contributed by atoms with Crippen LogP contribution in [0.2, 0.25) is 0 Å². The molecule has 1 heterocycles. The molecule has 1 aliphatic rings. The van der Waals surface area contributed by atoms with E-state index < -0.39 is 6.10 Å². The van der Waals surface area contributed by atoms with Crippen molar-refractivity contribution in [2.75, 3.05) is 25.1 Å². The van der Waals surface area contributed by atoms with E-state index in [1.807, 2.05) is 12.1 Å². The summed E-state index contributed by atoms with van der Waals surface area (Å²) in [6.07, 6.45) is 1.09. The number of carbonyl (C=O) groups excluding carboxylic acids is 1. The van der Waals surface area contributed by atoms with Crippen molar-refractivity contribution in [3.8, 4) is 0 Å². The first kappa shape index (κ1) is 13.9. The summed E-state index contributed by atoms with van der Waals surface area (Å²) < 4.78 is 4.86. The Morgan fingerprint density at radius 2 is 2.32 bits per heavy atom. The number of anilines is 1. The van der Waals surface area contributed by atoms with Crippen molar-refractivity contribution in [2.45, 2.75) is 32.3 Å². The van der Waals surface area contributed by atoms with Crippen molar-refractivity contribution in [3.63, 3.8) is 0 Å². The molecule has 4 heteroatoms. The number of fused-ring (bicyclic) bond motifs is 1. The Kier molecular flexibility index (Phi) is 4.43. The van der Waals surface area contributed by atoms with Gasteiger partial charge in [0.05, 0.1) is 12.7 Å². The molecule has 0 bridgehead atoms. The normalized spacial score (nSPS) is 15.2. The van der Waals surface area contributed by atoms with Gasteiger partial charge in [0, 0.05) is 25.7 Å². The van der Waals surface area contributed by atoms with E-state index in [1.165, 1.54) is 11.3 Å². The van der Waals surface area contributed by atoms with Gasteiger partial charge in [0.2, 0.25) is 0 Å². The number of rotatable bonds is 5. The maximum atomic E-state index is 11.3. The van der Waals surface area contributed by atoms with Crippen LogP contribution in [0.1, 0.15) is 37.0 Å².